The Bertz CT molecular complexity index is 684. The largest absolute Gasteiger partial charge is 0.337 e. The van der Waals surface area contributed by atoms with E-state index in [1.165, 1.54) is 18.5 Å². The zero-order valence-corrected chi connectivity index (χ0v) is 12.8. The summed E-state index contributed by atoms with van der Waals surface area (Å²) < 4.78 is 2.36. The van der Waals surface area contributed by atoms with E-state index < -0.39 is 0 Å². The zero-order chi connectivity index (χ0) is 15.1. The van der Waals surface area contributed by atoms with Crippen LogP contribution < -0.4 is 0 Å². The van der Waals surface area contributed by atoms with Gasteiger partial charge in [0.25, 0.3) is 5.91 Å². The van der Waals surface area contributed by atoms with Gasteiger partial charge in [0, 0.05) is 49.5 Å². The van der Waals surface area contributed by atoms with Crippen molar-refractivity contribution in [1.82, 2.24) is 19.4 Å². The van der Waals surface area contributed by atoms with Crippen molar-refractivity contribution in [3.63, 3.8) is 0 Å². The van der Waals surface area contributed by atoms with Crippen LogP contribution >= 0.6 is 0 Å². The number of hydrogen-bond acceptors (Lipinski definition) is 3. The maximum absolute atomic E-state index is 12.4. The highest BCUT2D eigenvalue weighted by atomic mass is 16.2. The van der Waals surface area contributed by atoms with Gasteiger partial charge in [0.05, 0.1) is 5.92 Å². The van der Waals surface area contributed by atoms with E-state index in [9.17, 15) is 4.79 Å². The van der Waals surface area contributed by atoms with Crippen LogP contribution in [0.1, 0.15) is 40.6 Å². The molecule has 1 saturated heterocycles. The number of hydrogen-bond donors (Lipinski definition) is 0. The fraction of sp³-hybridized carbons (Fsp3) is 0.471. The van der Waals surface area contributed by atoms with Crippen LogP contribution in [0.2, 0.25) is 0 Å². The lowest BCUT2D eigenvalue weighted by molar-refractivity contribution is 0.0590. The molecule has 0 unspecified atom stereocenters. The standard InChI is InChI=1S/C17H20N4O/c1-12-8-19-16(21(12)9-13-2-3-13)15-10-20(11-15)17(22)14-4-6-18-7-5-14/h4-8,13,15H,2-3,9-11H2,1H3. The molecule has 114 valence electrons. The molecule has 0 spiro atoms. The van der Waals surface area contributed by atoms with Gasteiger partial charge in [-0.1, -0.05) is 0 Å². The van der Waals surface area contributed by atoms with Crippen molar-refractivity contribution in [1.29, 1.82) is 0 Å². The molecule has 1 aliphatic carbocycles. The zero-order valence-electron chi connectivity index (χ0n) is 12.8. The third kappa shape index (κ3) is 2.40. The Balaban J connectivity index is 1.44. The lowest BCUT2D eigenvalue weighted by Crippen LogP contribution is -2.49. The van der Waals surface area contributed by atoms with Crippen LogP contribution in [0.4, 0.5) is 0 Å². The number of imidazole rings is 1. The molecule has 0 radical (unpaired) electrons. The van der Waals surface area contributed by atoms with E-state index in [0.717, 1.165) is 31.4 Å². The van der Waals surface area contributed by atoms with E-state index in [2.05, 4.69) is 21.5 Å². The topological polar surface area (TPSA) is 51.0 Å². The molecule has 1 amide bonds. The molecule has 1 saturated carbocycles. The van der Waals surface area contributed by atoms with Gasteiger partial charge in [-0.25, -0.2) is 4.98 Å². The molecule has 3 heterocycles. The normalized spacial score (nSPS) is 18.3. The average Bonchev–Trinajstić information content (AvgIpc) is 3.25. The van der Waals surface area contributed by atoms with Crippen LogP contribution in [-0.2, 0) is 6.54 Å². The minimum atomic E-state index is 0.0932. The molecule has 2 aromatic heterocycles. The fourth-order valence-corrected chi connectivity index (χ4v) is 3.09. The minimum Gasteiger partial charge on any atom is -0.337 e. The molecule has 22 heavy (non-hydrogen) atoms. The Morgan fingerprint density at radius 3 is 2.68 bits per heavy atom. The number of carbonyl (C=O) groups excluding carboxylic acids is 1. The predicted octanol–water partition coefficient (Wildman–Crippen LogP) is 2.24. The maximum Gasteiger partial charge on any atom is 0.254 e. The molecule has 5 heteroatoms. The minimum absolute atomic E-state index is 0.0932. The van der Waals surface area contributed by atoms with Gasteiger partial charge < -0.3 is 9.47 Å². The van der Waals surface area contributed by atoms with E-state index >= 15 is 0 Å². The monoisotopic (exact) mass is 296 g/mol. The van der Waals surface area contributed by atoms with Crippen LogP contribution in [0, 0.1) is 12.8 Å². The van der Waals surface area contributed by atoms with Gasteiger partial charge in [-0.05, 0) is 37.8 Å². The first-order chi connectivity index (χ1) is 10.7. The second kappa shape index (κ2) is 5.23. The first-order valence-electron chi connectivity index (χ1n) is 7.93. The molecule has 0 bridgehead atoms. The number of aromatic nitrogens is 3. The molecule has 5 nitrogen and oxygen atoms in total. The smallest absolute Gasteiger partial charge is 0.254 e. The summed E-state index contributed by atoms with van der Waals surface area (Å²) in [4.78, 5) is 22.8. The van der Waals surface area contributed by atoms with E-state index in [4.69, 9.17) is 0 Å². The Labute approximate surface area is 130 Å². The van der Waals surface area contributed by atoms with E-state index in [1.807, 2.05) is 11.1 Å². The van der Waals surface area contributed by atoms with Gasteiger partial charge in [-0.2, -0.15) is 0 Å². The van der Waals surface area contributed by atoms with Gasteiger partial charge in [-0.15, -0.1) is 0 Å². The van der Waals surface area contributed by atoms with E-state index in [0.29, 0.717) is 11.5 Å². The first-order valence-corrected chi connectivity index (χ1v) is 7.93. The molecule has 0 atom stereocenters. The number of likely N-dealkylation sites (tertiary alicyclic amines) is 1. The number of rotatable bonds is 4. The molecule has 0 aromatic carbocycles. The third-order valence-corrected chi connectivity index (χ3v) is 4.68. The summed E-state index contributed by atoms with van der Waals surface area (Å²) in [6.07, 6.45) is 7.97. The number of amides is 1. The molecule has 0 N–H and O–H groups in total. The highest BCUT2D eigenvalue weighted by Gasteiger charge is 2.36. The summed E-state index contributed by atoms with van der Waals surface area (Å²) in [7, 11) is 0. The van der Waals surface area contributed by atoms with Crippen molar-refractivity contribution in [2.75, 3.05) is 13.1 Å². The Hall–Kier alpha value is -2.17. The Morgan fingerprint density at radius 2 is 2.00 bits per heavy atom. The van der Waals surface area contributed by atoms with Gasteiger partial charge in [0.15, 0.2) is 0 Å². The predicted molar refractivity (Wildman–Crippen MR) is 82.6 cm³/mol. The summed E-state index contributed by atoms with van der Waals surface area (Å²) in [6.45, 7) is 4.75. The van der Waals surface area contributed by atoms with Crippen LogP contribution in [0.25, 0.3) is 0 Å². The summed E-state index contributed by atoms with van der Waals surface area (Å²) in [5.41, 5.74) is 1.95. The van der Waals surface area contributed by atoms with Crippen molar-refractivity contribution in [3.8, 4) is 0 Å². The average molecular weight is 296 g/mol. The van der Waals surface area contributed by atoms with Crippen molar-refractivity contribution in [2.24, 2.45) is 5.92 Å². The fourth-order valence-electron chi connectivity index (χ4n) is 3.09. The Morgan fingerprint density at radius 1 is 1.27 bits per heavy atom. The lowest BCUT2D eigenvalue weighted by atomic mass is 9.98. The second-order valence-electron chi connectivity index (χ2n) is 6.45. The lowest BCUT2D eigenvalue weighted by Gasteiger charge is -2.39. The number of carbonyl (C=O) groups is 1. The molecule has 2 fully saturated rings. The summed E-state index contributed by atoms with van der Waals surface area (Å²) in [5, 5.41) is 0. The van der Waals surface area contributed by atoms with Crippen molar-refractivity contribution >= 4 is 5.91 Å². The molecule has 4 rings (SSSR count). The first kappa shape index (κ1) is 13.5. The molecule has 2 aromatic rings. The van der Waals surface area contributed by atoms with Crippen LogP contribution in [0.5, 0.6) is 0 Å². The molecular formula is C17H20N4O. The quantitative estimate of drug-likeness (QED) is 0.869. The highest BCUT2D eigenvalue weighted by Crippen LogP contribution is 2.34. The SMILES string of the molecule is Cc1cnc(C2CN(C(=O)c3ccncc3)C2)n1CC1CC1. The summed E-state index contributed by atoms with van der Waals surface area (Å²) in [5.74, 6) is 2.46. The maximum atomic E-state index is 12.4. The van der Waals surface area contributed by atoms with Gasteiger partial charge in [0.2, 0.25) is 0 Å². The van der Waals surface area contributed by atoms with Crippen LogP contribution in [0.3, 0.4) is 0 Å². The highest BCUT2D eigenvalue weighted by molar-refractivity contribution is 5.94. The van der Waals surface area contributed by atoms with Gasteiger partial charge in [0.1, 0.15) is 5.82 Å². The summed E-state index contributed by atoms with van der Waals surface area (Å²) >= 11 is 0. The molecular weight excluding hydrogens is 276 g/mol. The van der Waals surface area contributed by atoms with Gasteiger partial charge in [-0.3, -0.25) is 9.78 Å². The van der Waals surface area contributed by atoms with Crippen molar-refractivity contribution < 1.29 is 4.79 Å². The Kier molecular flexibility index (Phi) is 3.21. The number of aryl methyl sites for hydroxylation is 1. The van der Waals surface area contributed by atoms with Crippen molar-refractivity contribution in [3.05, 3.63) is 47.8 Å². The molecule has 2 aliphatic rings. The third-order valence-electron chi connectivity index (χ3n) is 4.68. The summed E-state index contributed by atoms with van der Waals surface area (Å²) in [6, 6.07) is 3.54. The van der Waals surface area contributed by atoms with E-state index in [-0.39, 0.29) is 5.91 Å². The number of nitrogens with zero attached hydrogens (tertiary/aromatic N) is 4. The van der Waals surface area contributed by atoms with Crippen molar-refractivity contribution in [2.45, 2.75) is 32.2 Å². The number of pyridine rings is 1. The van der Waals surface area contributed by atoms with Crippen LogP contribution in [0.15, 0.2) is 30.7 Å². The second-order valence-corrected chi connectivity index (χ2v) is 6.45. The van der Waals surface area contributed by atoms with Crippen LogP contribution in [-0.4, -0.2) is 38.4 Å². The molecule has 1 aliphatic heterocycles. The van der Waals surface area contributed by atoms with Gasteiger partial charge >= 0.3 is 0 Å². The van der Waals surface area contributed by atoms with E-state index in [1.54, 1.807) is 24.5 Å².